The molecule has 0 aliphatic carbocycles. The maximum absolute atomic E-state index is 5.61. The van der Waals surface area contributed by atoms with Crippen LogP contribution in [-0.2, 0) is 11.3 Å². The first kappa shape index (κ1) is 12.7. The Labute approximate surface area is 116 Å². The summed E-state index contributed by atoms with van der Waals surface area (Å²) in [6.07, 6.45) is 0. The fourth-order valence-electron chi connectivity index (χ4n) is 1.91. The Bertz CT molecular complexity index is 549. The molecule has 0 atom stereocenters. The molecule has 20 heavy (non-hydrogen) atoms. The summed E-state index contributed by atoms with van der Waals surface area (Å²) in [5.74, 6) is 1.75. The number of nitrogen functional groups attached to an aromatic ring is 1. The molecule has 0 saturated carbocycles. The van der Waals surface area contributed by atoms with Crippen molar-refractivity contribution in [1.82, 2.24) is 10.1 Å². The van der Waals surface area contributed by atoms with Crippen LogP contribution in [0.4, 0.5) is 11.6 Å². The Balaban J connectivity index is 1.58. The molecule has 2 N–H and O–H groups in total. The lowest BCUT2D eigenvalue weighted by atomic mass is 10.3. The van der Waals surface area contributed by atoms with Crippen molar-refractivity contribution in [2.75, 3.05) is 36.9 Å². The molecular formula is C13H16N4O3. The number of anilines is 2. The van der Waals surface area contributed by atoms with Gasteiger partial charge in [0.05, 0.1) is 13.2 Å². The van der Waals surface area contributed by atoms with Gasteiger partial charge >= 0.3 is 0 Å². The van der Waals surface area contributed by atoms with Crippen LogP contribution in [0.25, 0.3) is 0 Å². The predicted octanol–water partition coefficient (Wildman–Crippen LogP) is 1.07. The van der Waals surface area contributed by atoms with Gasteiger partial charge in [0.1, 0.15) is 5.75 Å². The summed E-state index contributed by atoms with van der Waals surface area (Å²) in [5.41, 5.74) is 6.31. The summed E-state index contributed by atoms with van der Waals surface area (Å²) >= 11 is 0. The zero-order valence-corrected chi connectivity index (χ0v) is 11.0. The van der Waals surface area contributed by atoms with E-state index >= 15 is 0 Å². The topological polar surface area (TPSA) is 86.6 Å². The second kappa shape index (κ2) is 5.79. The predicted molar refractivity (Wildman–Crippen MR) is 72.5 cm³/mol. The van der Waals surface area contributed by atoms with Gasteiger partial charge in [0.15, 0.2) is 6.61 Å². The molecule has 0 unspecified atom stereocenters. The molecule has 1 aromatic heterocycles. The van der Waals surface area contributed by atoms with Crippen molar-refractivity contribution >= 4 is 11.6 Å². The van der Waals surface area contributed by atoms with Gasteiger partial charge in [0.2, 0.25) is 0 Å². The molecule has 7 nitrogen and oxygen atoms in total. The maximum Gasteiger partial charge on any atom is 0.266 e. The highest BCUT2D eigenvalue weighted by Crippen LogP contribution is 2.16. The van der Waals surface area contributed by atoms with Crippen LogP contribution in [0.2, 0.25) is 0 Å². The van der Waals surface area contributed by atoms with E-state index in [0.29, 0.717) is 36.5 Å². The van der Waals surface area contributed by atoms with Crippen molar-refractivity contribution < 1.29 is 14.0 Å². The summed E-state index contributed by atoms with van der Waals surface area (Å²) < 4.78 is 16.0. The highest BCUT2D eigenvalue weighted by molar-refractivity contribution is 5.41. The number of ether oxygens (including phenoxy) is 2. The van der Waals surface area contributed by atoms with Crippen molar-refractivity contribution in [3.63, 3.8) is 0 Å². The molecular weight excluding hydrogens is 260 g/mol. The number of aromatic nitrogens is 2. The average molecular weight is 276 g/mol. The second-order valence-electron chi connectivity index (χ2n) is 4.45. The van der Waals surface area contributed by atoms with Crippen LogP contribution < -0.4 is 15.4 Å². The number of morpholine rings is 1. The minimum Gasteiger partial charge on any atom is -0.484 e. The molecule has 0 amide bonds. The van der Waals surface area contributed by atoms with E-state index in [9.17, 15) is 0 Å². The van der Waals surface area contributed by atoms with Gasteiger partial charge in [0.25, 0.3) is 11.8 Å². The SMILES string of the molecule is Nc1ccc(OCc2nc(N3CCOCC3)no2)cc1. The van der Waals surface area contributed by atoms with Gasteiger partial charge in [-0.1, -0.05) is 0 Å². The monoisotopic (exact) mass is 276 g/mol. The molecule has 1 aliphatic heterocycles. The van der Waals surface area contributed by atoms with Crippen molar-refractivity contribution in [3.8, 4) is 5.75 Å². The van der Waals surface area contributed by atoms with E-state index in [2.05, 4.69) is 10.1 Å². The maximum atomic E-state index is 5.61. The molecule has 2 aromatic rings. The number of hydrogen-bond donors (Lipinski definition) is 1. The number of benzene rings is 1. The Morgan fingerprint density at radius 3 is 2.70 bits per heavy atom. The summed E-state index contributed by atoms with van der Waals surface area (Å²) in [7, 11) is 0. The highest BCUT2D eigenvalue weighted by Gasteiger charge is 2.17. The average Bonchev–Trinajstić information content (AvgIpc) is 2.97. The largest absolute Gasteiger partial charge is 0.484 e. The molecule has 1 saturated heterocycles. The smallest absolute Gasteiger partial charge is 0.266 e. The molecule has 0 spiro atoms. The van der Waals surface area contributed by atoms with E-state index in [0.717, 1.165) is 13.1 Å². The number of nitrogens with zero attached hydrogens (tertiary/aromatic N) is 3. The van der Waals surface area contributed by atoms with E-state index in [1.807, 2.05) is 4.90 Å². The first-order valence-electron chi connectivity index (χ1n) is 6.45. The Hall–Kier alpha value is -2.28. The van der Waals surface area contributed by atoms with Gasteiger partial charge in [-0.2, -0.15) is 4.98 Å². The van der Waals surface area contributed by atoms with E-state index in [-0.39, 0.29) is 6.61 Å². The van der Waals surface area contributed by atoms with Crippen LogP contribution in [-0.4, -0.2) is 36.4 Å². The third-order valence-electron chi connectivity index (χ3n) is 2.99. The first-order chi connectivity index (χ1) is 9.81. The van der Waals surface area contributed by atoms with Crippen LogP contribution in [0.1, 0.15) is 5.89 Å². The van der Waals surface area contributed by atoms with Gasteiger partial charge < -0.3 is 24.6 Å². The number of nitrogens with two attached hydrogens (primary N) is 1. The van der Waals surface area contributed by atoms with Crippen LogP contribution in [0.3, 0.4) is 0 Å². The van der Waals surface area contributed by atoms with E-state index in [1.165, 1.54) is 0 Å². The van der Waals surface area contributed by atoms with Gasteiger partial charge in [-0.25, -0.2) is 0 Å². The summed E-state index contributed by atoms with van der Waals surface area (Å²) in [6.45, 7) is 3.16. The summed E-state index contributed by atoms with van der Waals surface area (Å²) in [5, 5.41) is 3.95. The molecule has 0 bridgehead atoms. The van der Waals surface area contributed by atoms with Crippen LogP contribution in [0.15, 0.2) is 28.8 Å². The van der Waals surface area contributed by atoms with E-state index < -0.39 is 0 Å². The van der Waals surface area contributed by atoms with Gasteiger partial charge in [0, 0.05) is 18.8 Å². The van der Waals surface area contributed by atoms with E-state index in [1.54, 1.807) is 24.3 Å². The summed E-state index contributed by atoms with van der Waals surface area (Å²) in [6, 6.07) is 7.16. The first-order valence-corrected chi connectivity index (χ1v) is 6.45. The quantitative estimate of drug-likeness (QED) is 0.836. The van der Waals surface area contributed by atoms with Gasteiger partial charge in [-0.3, -0.25) is 0 Å². The highest BCUT2D eigenvalue weighted by atomic mass is 16.5. The summed E-state index contributed by atoms with van der Waals surface area (Å²) in [4.78, 5) is 6.34. The number of hydrogen-bond acceptors (Lipinski definition) is 7. The number of rotatable bonds is 4. The van der Waals surface area contributed by atoms with Crippen molar-refractivity contribution in [3.05, 3.63) is 30.2 Å². The van der Waals surface area contributed by atoms with Crippen LogP contribution in [0, 0.1) is 0 Å². The lowest BCUT2D eigenvalue weighted by Crippen LogP contribution is -2.36. The van der Waals surface area contributed by atoms with Crippen molar-refractivity contribution in [2.24, 2.45) is 0 Å². The van der Waals surface area contributed by atoms with Crippen LogP contribution in [0.5, 0.6) is 5.75 Å². The third kappa shape index (κ3) is 3.00. The molecule has 3 rings (SSSR count). The second-order valence-corrected chi connectivity index (χ2v) is 4.45. The van der Waals surface area contributed by atoms with Crippen LogP contribution >= 0.6 is 0 Å². The standard InChI is InChI=1S/C13H16N4O3/c14-10-1-3-11(4-2-10)19-9-12-15-13(16-20-12)17-5-7-18-8-6-17/h1-4H,5-9,14H2. The molecule has 2 heterocycles. The molecule has 7 heteroatoms. The lowest BCUT2D eigenvalue weighted by molar-refractivity contribution is 0.121. The fourth-order valence-corrected chi connectivity index (χ4v) is 1.91. The molecule has 0 radical (unpaired) electrons. The molecule has 106 valence electrons. The van der Waals surface area contributed by atoms with Crippen molar-refractivity contribution in [2.45, 2.75) is 6.61 Å². The minimum atomic E-state index is 0.237. The Kier molecular flexibility index (Phi) is 3.69. The fraction of sp³-hybridized carbons (Fsp3) is 0.385. The van der Waals surface area contributed by atoms with Gasteiger partial charge in [-0.05, 0) is 29.4 Å². The normalized spacial score (nSPS) is 15.3. The van der Waals surface area contributed by atoms with Gasteiger partial charge in [-0.15, -0.1) is 0 Å². The zero-order valence-electron chi connectivity index (χ0n) is 11.0. The Morgan fingerprint density at radius 1 is 1.20 bits per heavy atom. The third-order valence-corrected chi connectivity index (χ3v) is 2.99. The molecule has 1 fully saturated rings. The molecule has 1 aromatic carbocycles. The zero-order chi connectivity index (χ0) is 13.8. The van der Waals surface area contributed by atoms with Crippen molar-refractivity contribution in [1.29, 1.82) is 0 Å². The Morgan fingerprint density at radius 2 is 1.95 bits per heavy atom. The minimum absolute atomic E-state index is 0.237. The van der Waals surface area contributed by atoms with E-state index in [4.69, 9.17) is 19.7 Å². The molecule has 1 aliphatic rings. The lowest BCUT2D eigenvalue weighted by Gasteiger charge is -2.24.